The van der Waals surface area contributed by atoms with Gasteiger partial charge in [0.15, 0.2) is 9.84 Å². The Balaban J connectivity index is 2.18. The van der Waals surface area contributed by atoms with Gasteiger partial charge in [-0.25, -0.2) is 8.42 Å². The van der Waals surface area contributed by atoms with Crippen LogP contribution < -0.4 is 5.32 Å². The summed E-state index contributed by atoms with van der Waals surface area (Å²) in [5.41, 5.74) is -0.722. The maximum Gasteiger partial charge on any atom is 0.252 e. The zero-order valence-electron chi connectivity index (χ0n) is 10.4. The topological polar surface area (TPSA) is 104 Å². The van der Waals surface area contributed by atoms with E-state index in [2.05, 4.69) is 5.32 Å². The Hall–Kier alpha value is -1.76. The molecule has 1 aliphatic heterocycles. The maximum absolute atomic E-state index is 12.0. The number of hydrogen-bond donors (Lipinski definition) is 3. The first kappa shape index (κ1) is 13.7. The molecular formula is C12H15NO5S. The summed E-state index contributed by atoms with van der Waals surface area (Å²) >= 11 is 0. The summed E-state index contributed by atoms with van der Waals surface area (Å²) in [6.07, 6.45) is 0.353. The van der Waals surface area contributed by atoms with E-state index in [1.165, 1.54) is 12.1 Å². The van der Waals surface area contributed by atoms with Crippen molar-refractivity contribution in [1.82, 2.24) is 5.32 Å². The molecule has 1 aromatic carbocycles. The van der Waals surface area contributed by atoms with Crippen LogP contribution in [0.25, 0.3) is 0 Å². The first-order chi connectivity index (χ1) is 8.69. The summed E-state index contributed by atoms with van der Waals surface area (Å²) in [6, 6.07) is 3.53. The lowest BCUT2D eigenvalue weighted by molar-refractivity contribution is 0.0914. The lowest BCUT2D eigenvalue weighted by Gasteiger charge is -2.23. The molecule has 1 aliphatic rings. The molecular weight excluding hydrogens is 270 g/mol. The fraction of sp³-hybridized carbons (Fsp3) is 0.417. The Morgan fingerprint density at radius 3 is 2.32 bits per heavy atom. The lowest BCUT2D eigenvalue weighted by Crippen LogP contribution is -2.46. The number of phenolic OH excluding ortho intramolecular Hbond substituents is 2. The molecule has 1 fully saturated rings. The highest BCUT2D eigenvalue weighted by atomic mass is 32.2. The zero-order valence-corrected chi connectivity index (χ0v) is 11.2. The molecule has 6 nitrogen and oxygen atoms in total. The van der Waals surface area contributed by atoms with Gasteiger partial charge >= 0.3 is 0 Å². The third-order valence-corrected chi connectivity index (χ3v) is 4.99. The normalized spacial score (nSPS) is 25.1. The van der Waals surface area contributed by atoms with Gasteiger partial charge in [-0.3, -0.25) is 4.79 Å². The van der Waals surface area contributed by atoms with Crippen molar-refractivity contribution in [3.05, 3.63) is 23.8 Å². The Kier molecular flexibility index (Phi) is 3.17. The number of amides is 1. The smallest absolute Gasteiger partial charge is 0.252 e. The van der Waals surface area contributed by atoms with E-state index in [0.29, 0.717) is 6.42 Å². The number of benzene rings is 1. The molecule has 1 unspecified atom stereocenters. The summed E-state index contributed by atoms with van der Waals surface area (Å²) in [4.78, 5) is 12.0. The highest BCUT2D eigenvalue weighted by molar-refractivity contribution is 7.91. The molecule has 1 atom stereocenters. The number of nitrogens with one attached hydrogen (secondary N) is 1. The number of carbonyl (C=O) groups excluding carboxylic acids is 1. The average molecular weight is 285 g/mol. The average Bonchev–Trinajstić information content (AvgIpc) is 2.51. The summed E-state index contributed by atoms with van der Waals surface area (Å²) in [6.45, 7) is 1.66. The molecule has 1 aromatic rings. The van der Waals surface area contributed by atoms with E-state index in [1.807, 2.05) is 0 Å². The zero-order chi connectivity index (χ0) is 14.3. The minimum atomic E-state index is -3.11. The Bertz CT molecular complexity index is 605. The number of sulfone groups is 1. The van der Waals surface area contributed by atoms with E-state index < -0.39 is 21.3 Å². The molecule has 0 saturated carbocycles. The Labute approximate surface area is 111 Å². The van der Waals surface area contributed by atoms with Gasteiger partial charge in [0.05, 0.1) is 17.0 Å². The molecule has 104 valence electrons. The van der Waals surface area contributed by atoms with E-state index in [0.717, 1.165) is 6.07 Å². The Morgan fingerprint density at radius 1 is 1.26 bits per heavy atom. The van der Waals surface area contributed by atoms with Crippen LogP contribution in [0.4, 0.5) is 0 Å². The van der Waals surface area contributed by atoms with Crippen LogP contribution in [0, 0.1) is 0 Å². The molecule has 0 radical (unpaired) electrons. The van der Waals surface area contributed by atoms with Gasteiger partial charge < -0.3 is 15.5 Å². The molecule has 1 amide bonds. The molecule has 2 rings (SSSR count). The summed E-state index contributed by atoms with van der Waals surface area (Å²) in [5, 5.41) is 21.3. The van der Waals surface area contributed by atoms with Gasteiger partial charge in [-0.2, -0.15) is 0 Å². The largest absolute Gasteiger partial charge is 0.508 e. The van der Waals surface area contributed by atoms with E-state index >= 15 is 0 Å². The molecule has 0 spiro atoms. The van der Waals surface area contributed by atoms with Crippen LogP contribution in [0.5, 0.6) is 11.5 Å². The SMILES string of the molecule is CC1(NC(=O)c2cc(O)cc(O)c2)CCS(=O)(=O)C1. The number of phenols is 2. The van der Waals surface area contributed by atoms with Crippen molar-refractivity contribution < 1.29 is 23.4 Å². The van der Waals surface area contributed by atoms with E-state index in [9.17, 15) is 23.4 Å². The van der Waals surface area contributed by atoms with Gasteiger partial charge in [0, 0.05) is 11.6 Å². The van der Waals surface area contributed by atoms with Crippen LogP contribution in [0.15, 0.2) is 18.2 Å². The minimum Gasteiger partial charge on any atom is -0.508 e. The van der Waals surface area contributed by atoms with Crippen LogP contribution in [-0.4, -0.2) is 41.6 Å². The number of aromatic hydroxyl groups is 2. The van der Waals surface area contributed by atoms with Gasteiger partial charge in [0.25, 0.3) is 5.91 Å². The van der Waals surface area contributed by atoms with Crippen molar-refractivity contribution in [1.29, 1.82) is 0 Å². The molecule has 0 bridgehead atoms. The number of hydrogen-bond acceptors (Lipinski definition) is 5. The maximum atomic E-state index is 12.0. The number of carbonyl (C=O) groups is 1. The van der Waals surface area contributed by atoms with Crippen molar-refractivity contribution in [3.8, 4) is 11.5 Å². The van der Waals surface area contributed by atoms with Gasteiger partial charge in [-0.1, -0.05) is 0 Å². The van der Waals surface area contributed by atoms with Crippen molar-refractivity contribution in [2.24, 2.45) is 0 Å². The monoisotopic (exact) mass is 285 g/mol. The molecule has 1 heterocycles. The highest BCUT2D eigenvalue weighted by Gasteiger charge is 2.39. The quantitative estimate of drug-likeness (QED) is 0.730. The van der Waals surface area contributed by atoms with Crippen molar-refractivity contribution in [2.75, 3.05) is 11.5 Å². The first-order valence-electron chi connectivity index (χ1n) is 5.75. The second-order valence-corrected chi connectivity index (χ2v) is 7.28. The lowest BCUT2D eigenvalue weighted by atomic mass is 10.0. The third-order valence-electron chi connectivity index (χ3n) is 3.08. The van der Waals surface area contributed by atoms with E-state index in [-0.39, 0.29) is 28.6 Å². The Morgan fingerprint density at radius 2 is 1.84 bits per heavy atom. The predicted molar refractivity (Wildman–Crippen MR) is 68.9 cm³/mol. The fourth-order valence-corrected chi connectivity index (χ4v) is 4.27. The third kappa shape index (κ3) is 3.17. The van der Waals surface area contributed by atoms with Gasteiger partial charge in [-0.05, 0) is 25.5 Å². The van der Waals surface area contributed by atoms with Crippen molar-refractivity contribution >= 4 is 15.7 Å². The molecule has 19 heavy (non-hydrogen) atoms. The number of rotatable bonds is 2. The highest BCUT2D eigenvalue weighted by Crippen LogP contribution is 2.25. The van der Waals surface area contributed by atoms with Gasteiger partial charge in [0.1, 0.15) is 11.5 Å². The van der Waals surface area contributed by atoms with Crippen molar-refractivity contribution in [2.45, 2.75) is 18.9 Å². The van der Waals surface area contributed by atoms with Gasteiger partial charge in [0.2, 0.25) is 0 Å². The second-order valence-electron chi connectivity index (χ2n) is 5.09. The summed E-state index contributed by atoms with van der Waals surface area (Å²) in [7, 11) is -3.11. The summed E-state index contributed by atoms with van der Waals surface area (Å²) in [5.74, 6) is -1.03. The fourth-order valence-electron chi connectivity index (χ4n) is 2.18. The van der Waals surface area contributed by atoms with Gasteiger partial charge in [-0.15, -0.1) is 0 Å². The van der Waals surface area contributed by atoms with Crippen LogP contribution >= 0.6 is 0 Å². The molecule has 1 saturated heterocycles. The van der Waals surface area contributed by atoms with Crippen LogP contribution in [0.2, 0.25) is 0 Å². The molecule has 0 aromatic heterocycles. The van der Waals surface area contributed by atoms with Crippen LogP contribution in [-0.2, 0) is 9.84 Å². The molecule has 7 heteroatoms. The minimum absolute atomic E-state index is 0.0507. The molecule has 3 N–H and O–H groups in total. The second kappa shape index (κ2) is 4.41. The predicted octanol–water partition coefficient (Wildman–Crippen LogP) is 0.405. The van der Waals surface area contributed by atoms with Crippen molar-refractivity contribution in [3.63, 3.8) is 0 Å². The molecule has 0 aliphatic carbocycles. The van der Waals surface area contributed by atoms with Crippen LogP contribution in [0.3, 0.4) is 0 Å². The van der Waals surface area contributed by atoms with E-state index in [4.69, 9.17) is 0 Å². The standard InChI is InChI=1S/C12H15NO5S/c1-12(2-3-19(17,18)7-12)13-11(16)8-4-9(14)6-10(15)5-8/h4-6,14-15H,2-3,7H2,1H3,(H,13,16). The van der Waals surface area contributed by atoms with Crippen LogP contribution in [0.1, 0.15) is 23.7 Å². The van der Waals surface area contributed by atoms with E-state index in [1.54, 1.807) is 6.92 Å². The first-order valence-corrected chi connectivity index (χ1v) is 7.57. The summed E-state index contributed by atoms with van der Waals surface area (Å²) < 4.78 is 22.9.